The van der Waals surface area contributed by atoms with Crippen molar-refractivity contribution in [2.24, 2.45) is 5.92 Å². The van der Waals surface area contributed by atoms with Gasteiger partial charge in [0, 0.05) is 13.1 Å². The lowest BCUT2D eigenvalue weighted by molar-refractivity contribution is -0.141. The van der Waals surface area contributed by atoms with Crippen LogP contribution in [0.15, 0.2) is 18.5 Å². The van der Waals surface area contributed by atoms with E-state index in [0.29, 0.717) is 6.54 Å². The summed E-state index contributed by atoms with van der Waals surface area (Å²) >= 11 is 0. The van der Waals surface area contributed by atoms with Crippen LogP contribution >= 0.6 is 0 Å². The van der Waals surface area contributed by atoms with Crippen molar-refractivity contribution < 1.29 is 9.90 Å². The third-order valence-electron chi connectivity index (χ3n) is 2.70. The molecule has 0 spiro atoms. The van der Waals surface area contributed by atoms with Gasteiger partial charge in [-0.25, -0.2) is 0 Å². The van der Waals surface area contributed by atoms with Gasteiger partial charge in [-0.05, 0) is 18.9 Å². The summed E-state index contributed by atoms with van der Waals surface area (Å²) < 4.78 is 0. The highest BCUT2D eigenvalue weighted by molar-refractivity contribution is 5.71. The normalized spacial score (nSPS) is 21.3. The zero-order valence-corrected chi connectivity index (χ0v) is 8.33. The van der Waals surface area contributed by atoms with Crippen LogP contribution in [0, 0.1) is 5.92 Å². The van der Waals surface area contributed by atoms with Crippen LogP contribution in [0.5, 0.6) is 0 Å². The van der Waals surface area contributed by atoms with E-state index in [9.17, 15) is 4.79 Å². The molecule has 5 nitrogen and oxygen atoms in total. The molecular formula is C10H13N3O2. The summed E-state index contributed by atoms with van der Waals surface area (Å²) in [4.78, 5) is 12.9. The summed E-state index contributed by atoms with van der Waals surface area (Å²) in [6, 6.07) is 1.86. The number of aromatic nitrogens is 2. The van der Waals surface area contributed by atoms with Gasteiger partial charge in [0.15, 0.2) is 0 Å². The van der Waals surface area contributed by atoms with E-state index in [0.717, 1.165) is 25.1 Å². The maximum absolute atomic E-state index is 10.9. The molecule has 1 N–H and O–H groups in total. The van der Waals surface area contributed by atoms with E-state index >= 15 is 0 Å². The van der Waals surface area contributed by atoms with Gasteiger partial charge in [0.05, 0.1) is 24.0 Å². The molecule has 1 saturated heterocycles. The second kappa shape index (κ2) is 4.25. The van der Waals surface area contributed by atoms with Crippen LogP contribution in [-0.4, -0.2) is 34.4 Å². The molecule has 0 amide bonds. The third-order valence-corrected chi connectivity index (χ3v) is 2.70. The summed E-state index contributed by atoms with van der Waals surface area (Å²) in [5.74, 6) is -0.964. The number of carboxylic acids is 1. The quantitative estimate of drug-likeness (QED) is 0.776. The fraction of sp³-hybridized carbons (Fsp3) is 0.500. The molecule has 1 aliphatic rings. The smallest absolute Gasteiger partial charge is 0.308 e. The van der Waals surface area contributed by atoms with Crippen molar-refractivity contribution in [3.8, 4) is 0 Å². The van der Waals surface area contributed by atoms with Crippen molar-refractivity contribution in [2.45, 2.75) is 12.8 Å². The molecule has 0 unspecified atom stereocenters. The number of anilines is 1. The predicted molar refractivity (Wildman–Crippen MR) is 54.6 cm³/mol. The number of hydrogen-bond donors (Lipinski definition) is 1. The van der Waals surface area contributed by atoms with Gasteiger partial charge in [-0.3, -0.25) is 4.79 Å². The fourth-order valence-electron chi connectivity index (χ4n) is 1.88. The molecule has 1 aliphatic heterocycles. The lowest BCUT2D eigenvalue weighted by atomic mass is 9.98. The number of rotatable bonds is 2. The Kier molecular flexibility index (Phi) is 2.80. The highest BCUT2D eigenvalue weighted by Gasteiger charge is 2.25. The van der Waals surface area contributed by atoms with Crippen LogP contribution in [0.1, 0.15) is 12.8 Å². The molecular weight excluding hydrogens is 194 g/mol. The number of nitrogens with zero attached hydrogens (tertiary/aromatic N) is 3. The van der Waals surface area contributed by atoms with Crippen molar-refractivity contribution in [3.05, 3.63) is 18.5 Å². The average molecular weight is 207 g/mol. The Balaban J connectivity index is 2.08. The number of carboxylic acid groups (broad SMARTS) is 1. The predicted octanol–water partition coefficient (Wildman–Crippen LogP) is 0.778. The van der Waals surface area contributed by atoms with E-state index in [1.165, 1.54) is 0 Å². The first-order chi connectivity index (χ1) is 7.27. The topological polar surface area (TPSA) is 66.3 Å². The number of hydrogen-bond acceptors (Lipinski definition) is 4. The second-order valence-corrected chi connectivity index (χ2v) is 3.72. The Labute approximate surface area is 87.7 Å². The molecule has 1 aromatic heterocycles. The minimum absolute atomic E-state index is 0.257. The SMILES string of the molecule is O=C(O)[C@@H]1CCCN(c2ccnnc2)C1. The zero-order chi connectivity index (χ0) is 10.7. The van der Waals surface area contributed by atoms with Crippen molar-refractivity contribution in [1.82, 2.24) is 10.2 Å². The van der Waals surface area contributed by atoms with Gasteiger partial charge >= 0.3 is 5.97 Å². The maximum Gasteiger partial charge on any atom is 0.308 e. The van der Waals surface area contributed by atoms with Crippen molar-refractivity contribution >= 4 is 11.7 Å². The van der Waals surface area contributed by atoms with Crippen LogP contribution in [-0.2, 0) is 4.79 Å². The zero-order valence-electron chi connectivity index (χ0n) is 8.33. The van der Waals surface area contributed by atoms with E-state index in [-0.39, 0.29) is 5.92 Å². The van der Waals surface area contributed by atoms with Crippen LogP contribution in [0.3, 0.4) is 0 Å². The first kappa shape index (κ1) is 9.89. The largest absolute Gasteiger partial charge is 0.481 e. The van der Waals surface area contributed by atoms with Crippen LogP contribution < -0.4 is 4.90 Å². The Morgan fingerprint density at radius 1 is 1.53 bits per heavy atom. The van der Waals surface area contributed by atoms with E-state index in [4.69, 9.17) is 5.11 Å². The van der Waals surface area contributed by atoms with Crippen molar-refractivity contribution in [3.63, 3.8) is 0 Å². The molecule has 1 aromatic rings. The van der Waals surface area contributed by atoms with Crippen LogP contribution in [0.4, 0.5) is 5.69 Å². The molecule has 15 heavy (non-hydrogen) atoms. The Morgan fingerprint density at radius 3 is 3.07 bits per heavy atom. The fourth-order valence-corrected chi connectivity index (χ4v) is 1.88. The molecule has 1 atom stereocenters. The van der Waals surface area contributed by atoms with Gasteiger partial charge in [0.25, 0.3) is 0 Å². The Morgan fingerprint density at radius 2 is 2.40 bits per heavy atom. The van der Waals surface area contributed by atoms with Gasteiger partial charge in [0.2, 0.25) is 0 Å². The second-order valence-electron chi connectivity index (χ2n) is 3.72. The molecule has 0 bridgehead atoms. The van der Waals surface area contributed by atoms with E-state index < -0.39 is 5.97 Å². The number of aliphatic carboxylic acids is 1. The maximum atomic E-state index is 10.9. The van der Waals surface area contributed by atoms with E-state index in [1.807, 2.05) is 6.07 Å². The molecule has 0 aliphatic carbocycles. The monoisotopic (exact) mass is 207 g/mol. The molecule has 5 heteroatoms. The molecule has 0 radical (unpaired) electrons. The summed E-state index contributed by atoms with van der Waals surface area (Å²) in [5, 5.41) is 16.4. The summed E-state index contributed by atoms with van der Waals surface area (Å²) in [7, 11) is 0. The van der Waals surface area contributed by atoms with E-state index in [2.05, 4.69) is 15.1 Å². The lowest BCUT2D eigenvalue weighted by Crippen LogP contribution is -2.38. The lowest BCUT2D eigenvalue weighted by Gasteiger charge is -2.31. The first-order valence-electron chi connectivity index (χ1n) is 5.02. The summed E-state index contributed by atoms with van der Waals surface area (Å²) in [5.41, 5.74) is 0.955. The van der Waals surface area contributed by atoms with Gasteiger partial charge in [-0.2, -0.15) is 10.2 Å². The Bertz CT molecular complexity index is 342. The highest BCUT2D eigenvalue weighted by Crippen LogP contribution is 2.21. The number of piperidine rings is 1. The summed E-state index contributed by atoms with van der Waals surface area (Å²) in [6.45, 7) is 1.47. The minimum Gasteiger partial charge on any atom is -0.481 e. The molecule has 2 heterocycles. The van der Waals surface area contributed by atoms with Gasteiger partial charge in [-0.15, -0.1) is 0 Å². The average Bonchev–Trinajstić information content (AvgIpc) is 2.30. The third kappa shape index (κ3) is 2.23. The number of carbonyl (C=O) groups is 1. The van der Waals surface area contributed by atoms with E-state index in [1.54, 1.807) is 12.4 Å². The molecule has 2 rings (SSSR count). The minimum atomic E-state index is -0.707. The van der Waals surface area contributed by atoms with Gasteiger partial charge < -0.3 is 10.0 Å². The Hall–Kier alpha value is -1.65. The van der Waals surface area contributed by atoms with Crippen molar-refractivity contribution in [1.29, 1.82) is 0 Å². The van der Waals surface area contributed by atoms with Crippen LogP contribution in [0.2, 0.25) is 0 Å². The molecule has 0 aromatic carbocycles. The van der Waals surface area contributed by atoms with Crippen LogP contribution in [0.25, 0.3) is 0 Å². The molecule has 1 fully saturated rings. The van der Waals surface area contributed by atoms with Crippen molar-refractivity contribution in [2.75, 3.05) is 18.0 Å². The van der Waals surface area contributed by atoms with Gasteiger partial charge in [0.1, 0.15) is 0 Å². The summed E-state index contributed by atoms with van der Waals surface area (Å²) in [6.07, 6.45) is 4.98. The molecule has 80 valence electrons. The highest BCUT2D eigenvalue weighted by atomic mass is 16.4. The first-order valence-corrected chi connectivity index (χ1v) is 5.02. The molecule has 0 saturated carbocycles. The standard InChI is InChI=1S/C10H13N3O2/c14-10(15)8-2-1-5-13(7-8)9-3-4-11-12-6-9/h3-4,6,8H,1-2,5,7H2,(H,14,15)/t8-/m1/s1. The van der Waals surface area contributed by atoms with Gasteiger partial charge in [-0.1, -0.05) is 0 Å².